The quantitative estimate of drug-likeness (QED) is 0.752. The Balaban J connectivity index is 2.26. The van der Waals surface area contributed by atoms with Crippen LogP contribution in [-0.2, 0) is 7.05 Å². The van der Waals surface area contributed by atoms with Gasteiger partial charge in [0.15, 0.2) is 5.58 Å². The summed E-state index contributed by atoms with van der Waals surface area (Å²) in [6.07, 6.45) is 0. The number of carbonyl (C=O) groups is 1. The van der Waals surface area contributed by atoms with E-state index in [1.807, 2.05) is 7.05 Å². The molecule has 18 heavy (non-hydrogen) atoms. The van der Waals surface area contributed by atoms with E-state index in [1.165, 1.54) is 4.57 Å². The van der Waals surface area contributed by atoms with Gasteiger partial charge in [-0.15, -0.1) is 0 Å². The van der Waals surface area contributed by atoms with Crippen LogP contribution >= 0.6 is 0 Å². The van der Waals surface area contributed by atoms with Gasteiger partial charge in [-0.2, -0.15) is 0 Å². The maximum absolute atomic E-state index is 11.8. The van der Waals surface area contributed by atoms with Crippen LogP contribution in [0.25, 0.3) is 11.1 Å². The van der Waals surface area contributed by atoms with Crippen molar-refractivity contribution in [3.63, 3.8) is 0 Å². The van der Waals surface area contributed by atoms with Crippen LogP contribution in [0.5, 0.6) is 0 Å². The lowest BCUT2D eigenvalue weighted by atomic mass is 10.2. The molecule has 0 aliphatic heterocycles. The summed E-state index contributed by atoms with van der Waals surface area (Å²) in [4.78, 5) is 23.1. The molecule has 0 aliphatic rings. The molecule has 0 unspecified atom stereocenters. The summed E-state index contributed by atoms with van der Waals surface area (Å²) in [7, 11) is 3.43. The lowest BCUT2D eigenvalue weighted by Crippen LogP contribution is -2.30. The Morgan fingerprint density at radius 2 is 2.17 bits per heavy atom. The molecule has 0 radical (unpaired) electrons. The molecule has 0 saturated heterocycles. The van der Waals surface area contributed by atoms with Gasteiger partial charge in [0, 0.05) is 25.7 Å². The van der Waals surface area contributed by atoms with Crippen molar-refractivity contribution in [1.29, 1.82) is 0 Å². The third-order valence-corrected chi connectivity index (χ3v) is 2.71. The number of oxazole rings is 1. The number of likely N-dealkylation sites (N-methyl/N-ethyl adjacent to an activating group) is 1. The molecule has 2 N–H and O–H groups in total. The van der Waals surface area contributed by atoms with Crippen LogP contribution in [0.2, 0.25) is 0 Å². The van der Waals surface area contributed by atoms with Gasteiger partial charge in [-0.3, -0.25) is 9.36 Å². The zero-order valence-corrected chi connectivity index (χ0v) is 10.3. The Morgan fingerprint density at radius 3 is 2.89 bits per heavy atom. The first-order chi connectivity index (χ1) is 8.63. The fourth-order valence-electron chi connectivity index (χ4n) is 1.67. The van der Waals surface area contributed by atoms with Gasteiger partial charge >= 0.3 is 5.76 Å². The monoisotopic (exact) mass is 249 g/mol. The lowest BCUT2D eigenvalue weighted by molar-refractivity contribution is 0.0954. The van der Waals surface area contributed by atoms with Crippen molar-refractivity contribution in [3.05, 3.63) is 34.3 Å². The first kappa shape index (κ1) is 12.4. The highest BCUT2D eigenvalue weighted by molar-refractivity contribution is 5.97. The number of nitrogens with one attached hydrogen (secondary N) is 2. The molecule has 0 atom stereocenters. The molecule has 1 aromatic carbocycles. The third-order valence-electron chi connectivity index (χ3n) is 2.71. The Morgan fingerprint density at radius 1 is 1.39 bits per heavy atom. The van der Waals surface area contributed by atoms with Gasteiger partial charge in [0.2, 0.25) is 0 Å². The second kappa shape index (κ2) is 5.05. The Hall–Kier alpha value is -2.08. The fourth-order valence-corrected chi connectivity index (χ4v) is 1.67. The Labute approximate surface area is 104 Å². The number of hydrogen-bond acceptors (Lipinski definition) is 4. The number of nitrogens with zero attached hydrogens (tertiary/aromatic N) is 1. The summed E-state index contributed by atoms with van der Waals surface area (Å²) < 4.78 is 6.37. The largest absolute Gasteiger partial charge is 0.419 e. The number of carbonyl (C=O) groups excluding carboxylic acids is 1. The molecule has 6 heteroatoms. The van der Waals surface area contributed by atoms with Gasteiger partial charge in [-0.25, -0.2) is 4.79 Å². The standard InChI is InChI=1S/C12H15N3O3/c1-13-5-6-14-11(16)8-3-4-10-9(7-8)15(2)12(17)18-10/h3-4,7,13H,5-6H2,1-2H3,(H,14,16). The summed E-state index contributed by atoms with van der Waals surface area (Å²) in [5.41, 5.74) is 1.60. The average molecular weight is 249 g/mol. The average Bonchev–Trinajstić information content (AvgIpc) is 2.65. The van der Waals surface area contributed by atoms with Crippen LogP contribution in [0.4, 0.5) is 0 Å². The predicted octanol–water partition coefficient (Wildman–Crippen LogP) is 0.0807. The van der Waals surface area contributed by atoms with E-state index in [1.54, 1.807) is 25.2 Å². The van der Waals surface area contributed by atoms with Crippen LogP contribution in [-0.4, -0.2) is 30.6 Å². The van der Waals surface area contributed by atoms with Crippen LogP contribution in [0.3, 0.4) is 0 Å². The molecular weight excluding hydrogens is 234 g/mol. The molecule has 0 saturated carbocycles. The van der Waals surface area contributed by atoms with E-state index in [0.717, 1.165) is 0 Å². The Kier molecular flexibility index (Phi) is 3.47. The van der Waals surface area contributed by atoms with Crippen molar-refractivity contribution in [2.24, 2.45) is 7.05 Å². The van der Waals surface area contributed by atoms with Crippen molar-refractivity contribution in [2.45, 2.75) is 0 Å². The molecule has 6 nitrogen and oxygen atoms in total. The summed E-state index contributed by atoms with van der Waals surface area (Å²) >= 11 is 0. The van der Waals surface area contributed by atoms with Gasteiger partial charge in [-0.05, 0) is 25.2 Å². The maximum atomic E-state index is 11.8. The number of rotatable bonds is 4. The van der Waals surface area contributed by atoms with Gasteiger partial charge in [-0.1, -0.05) is 0 Å². The van der Waals surface area contributed by atoms with Gasteiger partial charge in [0.1, 0.15) is 0 Å². The summed E-state index contributed by atoms with van der Waals surface area (Å²) in [5.74, 6) is -0.599. The zero-order chi connectivity index (χ0) is 13.1. The van der Waals surface area contributed by atoms with E-state index in [0.29, 0.717) is 29.8 Å². The molecule has 0 bridgehead atoms. The van der Waals surface area contributed by atoms with E-state index in [-0.39, 0.29) is 5.91 Å². The highest BCUT2D eigenvalue weighted by Crippen LogP contribution is 2.14. The van der Waals surface area contributed by atoms with Crippen molar-refractivity contribution in [3.8, 4) is 0 Å². The molecular formula is C12H15N3O3. The number of hydrogen-bond donors (Lipinski definition) is 2. The molecule has 1 aromatic heterocycles. The number of aryl methyl sites for hydroxylation is 1. The number of amides is 1. The van der Waals surface area contributed by atoms with E-state index in [9.17, 15) is 9.59 Å². The summed E-state index contributed by atoms with van der Waals surface area (Å²) in [6.45, 7) is 1.26. The molecule has 1 amide bonds. The van der Waals surface area contributed by atoms with E-state index < -0.39 is 5.76 Å². The zero-order valence-electron chi connectivity index (χ0n) is 10.3. The van der Waals surface area contributed by atoms with Gasteiger partial charge in [0.05, 0.1) is 5.52 Å². The number of benzene rings is 1. The van der Waals surface area contributed by atoms with Crippen molar-refractivity contribution in [2.75, 3.05) is 20.1 Å². The molecule has 0 fully saturated rings. The van der Waals surface area contributed by atoms with Crippen molar-refractivity contribution >= 4 is 17.0 Å². The minimum Gasteiger partial charge on any atom is -0.408 e. The highest BCUT2D eigenvalue weighted by Gasteiger charge is 2.10. The van der Waals surface area contributed by atoms with Crippen LogP contribution in [0, 0.1) is 0 Å². The summed E-state index contributed by atoms with van der Waals surface area (Å²) in [6, 6.07) is 4.92. The first-order valence-corrected chi connectivity index (χ1v) is 5.66. The minimum absolute atomic E-state index is 0.166. The molecule has 0 aliphatic carbocycles. The van der Waals surface area contributed by atoms with Crippen molar-refractivity contribution in [1.82, 2.24) is 15.2 Å². The van der Waals surface area contributed by atoms with Crippen molar-refractivity contribution < 1.29 is 9.21 Å². The normalized spacial score (nSPS) is 10.8. The Bertz CT molecular complexity index is 627. The smallest absolute Gasteiger partial charge is 0.408 e. The fraction of sp³-hybridized carbons (Fsp3) is 0.333. The van der Waals surface area contributed by atoms with Gasteiger partial charge in [0.25, 0.3) is 5.91 Å². The second-order valence-electron chi connectivity index (χ2n) is 3.97. The third kappa shape index (κ3) is 2.28. The number of aromatic nitrogens is 1. The SMILES string of the molecule is CNCCNC(=O)c1ccc2oc(=O)n(C)c2c1. The van der Waals surface area contributed by atoms with Crippen LogP contribution in [0.1, 0.15) is 10.4 Å². The number of fused-ring (bicyclic) bond motifs is 1. The topological polar surface area (TPSA) is 76.3 Å². The molecule has 96 valence electrons. The highest BCUT2D eigenvalue weighted by atomic mass is 16.4. The van der Waals surface area contributed by atoms with Gasteiger partial charge < -0.3 is 15.1 Å². The first-order valence-electron chi connectivity index (χ1n) is 5.66. The lowest BCUT2D eigenvalue weighted by Gasteiger charge is -2.04. The molecule has 1 heterocycles. The molecule has 2 aromatic rings. The van der Waals surface area contributed by atoms with E-state index in [2.05, 4.69) is 10.6 Å². The molecule has 0 spiro atoms. The second-order valence-corrected chi connectivity index (χ2v) is 3.97. The van der Waals surface area contributed by atoms with E-state index in [4.69, 9.17) is 4.42 Å². The molecule has 2 rings (SSSR count). The van der Waals surface area contributed by atoms with Crippen LogP contribution in [0.15, 0.2) is 27.4 Å². The summed E-state index contributed by atoms with van der Waals surface area (Å²) in [5, 5.41) is 5.71. The minimum atomic E-state index is -0.433. The van der Waals surface area contributed by atoms with Crippen LogP contribution < -0.4 is 16.4 Å². The predicted molar refractivity (Wildman–Crippen MR) is 67.7 cm³/mol. The van der Waals surface area contributed by atoms with E-state index >= 15 is 0 Å². The maximum Gasteiger partial charge on any atom is 0.419 e.